The van der Waals surface area contributed by atoms with E-state index in [9.17, 15) is 5.26 Å². The highest BCUT2D eigenvalue weighted by atomic mass is 32.2. The largest absolute Gasteiger partial charge is 0.354 e. The van der Waals surface area contributed by atoms with Crippen LogP contribution in [0.25, 0.3) is 11.3 Å². The minimum atomic E-state index is 0.496. The SMILES string of the molecule is Cc1ccc(C2=CSC(=C(C#N)c3ccnc(NCCc4cccnc4)n3)N2)cc1. The van der Waals surface area contributed by atoms with Crippen molar-refractivity contribution in [1.82, 2.24) is 20.3 Å². The van der Waals surface area contributed by atoms with Gasteiger partial charge in [0.05, 0.1) is 16.4 Å². The van der Waals surface area contributed by atoms with Gasteiger partial charge in [0.25, 0.3) is 0 Å². The molecule has 6 nitrogen and oxygen atoms in total. The standard InChI is InChI=1S/C23H20N6S/c1-16-4-6-18(7-5-16)21-15-30-22(28-21)19(13-24)20-9-12-27-23(29-20)26-11-8-17-3-2-10-25-14-17/h2-7,9-10,12,14-15,28H,8,11H2,1H3,(H,26,27,29). The molecule has 0 bridgehead atoms. The van der Waals surface area contributed by atoms with Crippen molar-refractivity contribution < 1.29 is 0 Å². The fraction of sp³-hybridized carbons (Fsp3) is 0.130. The summed E-state index contributed by atoms with van der Waals surface area (Å²) in [5.74, 6) is 0.499. The normalized spacial score (nSPS) is 14.5. The highest BCUT2D eigenvalue weighted by Gasteiger charge is 2.18. The average Bonchev–Trinajstić information content (AvgIpc) is 3.26. The second kappa shape index (κ2) is 9.25. The Balaban J connectivity index is 1.46. The number of hydrogen-bond donors (Lipinski definition) is 2. The molecule has 0 saturated heterocycles. The number of thioether (sulfide) groups is 1. The van der Waals surface area contributed by atoms with Gasteiger partial charge in [-0.2, -0.15) is 5.26 Å². The van der Waals surface area contributed by atoms with Crippen molar-refractivity contribution >= 4 is 29.0 Å². The van der Waals surface area contributed by atoms with Crippen LogP contribution >= 0.6 is 11.8 Å². The van der Waals surface area contributed by atoms with Crippen LogP contribution in [-0.2, 0) is 6.42 Å². The van der Waals surface area contributed by atoms with Gasteiger partial charge in [0.1, 0.15) is 11.6 Å². The van der Waals surface area contributed by atoms with Crippen molar-refractivity contribution in [2.45, 2.75) is 13.3 Å². The second-order valence-corrected chi connectivity index (χ2v) is 7.64. The van der Waals surface area contributed by atoms with Gasteiger partial charge in [-0.25, -0.2) is 9.97 Å². The van der Waals surface area contributed by atoms with E-state index in [0.717, 1.165) is 28.3 Å². The molecule has 0 aliphatic carbocycles. The van der Waals surface area contributed by atoms with E-state index < -0.39 is 0 Å². The number of nitriles is 1. The molecule has 2 aromatic heterocycles. The molecule has 1 aliphatic rings. The maximum absolute atomic E-state index is 9.78. The molecule has 0 fully saturated rings. The molecule has 0 radical (unpaired) electrons. The van der Waals surface area contributed by atoms with Crippen molar-refractivity contribution in [3.63, 3.8) is 0 Å². The number of allylic oxidation sites excluding steroid dienone is 1. The number of nitrogens with one attached hydrogen (secondary N) is 2. The number of aromatic nitrogens is 3. The fourth-order valence-electron chi connectivity index (χ4n) is 2.97. The third-order valence-electron chi connectivity index (χ3n) is 4.58. The fourth-order valence-corrected chi connectivity index (χ4v) is 3.83. The van der Waals surface area contributed by atoms with Crippen LogP contribution in [-0.4, -0.2) is 21.5 Å². The van der Waals surface area contributed by atoms with Crippen LogP contribution in [0, 0.1) is 18.3 Å². The third-order valence-corrected chi connectivity index (χ3v) is 5.47. The summed E-state index contributed by atoms with van der Waals surface area (Å²) >= 11 is 1.49. The maximum Gasteiger partial charge on any atom is 0.223 e. The van der Waals surface area contributed by atoms with Gasteiger partial charge in [0.15, 0.2) is 0 Å². The maximum atomic E-state index is 9.78. The van der Waals surface area contributed by atoms with Crippen LogP contribution in [0.4, 0.5) is 5.95 Å². The van der Waals surface area contributed by atoms with E-state index in [-0.39, 0.29) is 0 Å². The summed E-state index contributed by atoms with van der Waals surface area (Å²) in [5, 5.41) is 19.1. The predicted molar refractivity (Wildman–Crippen MR) is 121 cm³/mol. The van der Waals surface area contributed by atoms with Crippen molar-refractivity contribution in [2.24, 2.45) is 0 Å². The van der Waals surface area contributed by atoms with Crippen LogP contribution in [0.15, 0.2) is 71.5 Å². The first kappa shape index (κ1) is 19.7. The van der Waals surface area contributed by atoms with Gasteiger partial charge >= 0.3 is 0 Å². The number of aryl methyl sites for hydroxylation is 1. The van der Waals surface area contributed by atoms with E-state index in [1.165, 1.54) is 17.3 Å². The Morgan fingerprint density at radius 3 is 2.80 bits per heavy atom. The summed E-state index contributed by atoms with van der Waals surface area (Å²) in [6, 6.07) is 16.3. The third kappa shape index (κ3) is 4.67. The van der Waals surface area contributed by atoms with E-state index in [1.807, 2.05) is 23.7 Å². The lowest BCUT2D eigenvalue weighted by Gasteiger charge is -2.09. The number of rotatable bonds is 6. The molecule has 0 amide bonds. The molecule has 1 aliphatic heterocycles. The summed E-state index contributed by atoms with van der Waals surface area (Å²) in [6.07, 6.45) is 6.09. The van der Waals surface area contributed by atoms with Crippen LogP contribution in [0.5, 0.6) is 0 Å². The van der Waals surface area contributed by atoms with Crippen LogP contribution < -0.4 is 10.6 Å². The molecule has 4 rings (SSSR count). The monoisotopic (exact) mass is 412 g/mol. The van der Waals surface area contributed by atoms with E-state index in [4.69, 9.17) is 0 Å². The number of pyridine rings is 1. The average molecular weight is 413 g/mol. The Hall–Kier alpha value is -3.63. The topological polar surface area (TPSA) is 86.5 Å². The Kier molecular flexibility index (Phi) is 6.06. The molecular formula is C23H20N6S. The molecule has 0 unspecified atom stereocenters. The van der Waals surface area contributed by atoms with Crippen molar-refractivity contribution in [1.29, 1.82) is 5.26 Å². The molecule has 1 aromatic carbocycles. The summed E-state index contributed by atoms with van der Waals surface area (Å²) < 4.78 is 0. The van der Waals surface area contributed by atoms with Gasteiger partial charge in [-0.3, -0.25) is 4.98 Å². The van der Waals surface area contributed by atoms with E-state index in [2.05, 4.69) is 62.8 Å². The van der Waals surface area contributed by atoms with Crippen LogP contribution in [0.3, 0.4) is 0 Å². The first-order chi connectivity index (χ1) is 14.7. The first-order valence-electron chi connectivity index (χ1n) is 9.54. The lowest BCUT2D eigenvalue weighted by atomic mass is 10.1. The van der Waals surface area contributed by atoms with Crippen LogP contribution in [0.1, 0.15) is 22.4 Å². The molecule has 0 saturated carbocycles. The quantitative estimate of drug-likeness (QED) is 0.582. The Morgan fingerprint density at radius 2 is 2.03 bits per heavy atom. The molecular weight excluding hydrogens is 392 g/mol. The molecule has 0 atom stereocenters. The summed E-state index contributed by atoms with van der Waals surface area (Å²) in [4.78, 5) is 12.9. The lowest BCUT2D eigenvalue weighted by molar-refractivity contribution is 0.971. The lowest BCUT2D eigenvalue weighted by Crippen LogP contribution is -2.10. The van der Waals surface area contributed by atoms with E-state index in [1.54, 1.807) is 18.5 Å². The van der Waals surface area contributed by atoms with Gasteiger partial charge in [0, 0.05) is 30.5 Å². The highest BCUT2D eigenvalue weighted by Crippen LogP contribution is 2.34. The van der Waals surface area contributed by atoms with Crippen molar-refractivity contribution in [3.8, 4) is 6.07 Å². The Morgan fingerprint density at radius 1 is 1.17 bits per heavy atom. The highest BCUT2D eigenvalue weighted by molar-refractivity contribution is 8.06. The molecule has 3 aromatic rings. The van der Waals surface area contributed by atoms with Crippen LogP contribution in [0.2, 0.25) is 0 Å². The van der Waals surface area contributed by atoms with Gasteiger partial charge in [-0.1, -0.05) is 47.7 Å². The molecule has 3 heterocycles. The zero-order valence-corrected chi connectivity index (χ0v) is 17.3. The zero-order valence-electron chi connectivity index (χ0n) is 16.5. The number of anilines is 1. The summed E-state index contributed by atoms with van der Waals surface area (Å²) in [6.45, 7) is 2.74. The van der Waals surface area contributed by atoms with Crippen molar-refractivity contribution in [3.05, 3.63) is 93.9 Å². The van der Waals surface area contributed by atoms with Gasteiger partial charge in [0.2, 0.25) is 5.95 Å². The molecule has 30 heavy (non-hydrogen) atoms. The number of nitrogens with zero attached hydrogens (tertiary/aromatic N) is 4. The Bertz CT molecular complexity index is 1130. The molecule has 0 spiro atoms. The summed E-state index contributed by atoms with van der Waals surface area (Å²) in [5.41, 5.74) is 5.50. The first-order valence-corrected chi connectivity index (χ1v) is 10.4. The number of hydrogen-bond acceptors (Lipinski definition) is 7. The minimum Gasteiger partial charge on any atom is -0.354 e. The Labute approximate surface area is 179 Å². The van der Waals surface area contributed by atoms with Crippen molar-refractivity contribution in [2.75, 3.05) is 11.9 Å². The van der Waals surface area contributed by atoms with E-state index >= 15 is 0 Å². The smallest absolute Gasteiger partial charge is 0.223 e. The van der Waals surface area contributed by atoms with Gasteiger partial charge in [-0.05, 0) is 36.6 Å². The summed E-state index contributed by atoms with van der Waals surface area (Å²) in [7, 11) is 0. The van der Waals surface area contributed by atoms with Gasteiger partial charge < -0.3 is 10.6 Å². The second-order valence-electron chi connectivity index (χ2n) is 6.76. The molecule has 148 valence electrons. The number of benzene rings is 1. The zero-order chi connectivity index (χ0) is 20.8. The van der Waals surface area contributed by atoms with Gasteiger partial charge in [-0.15, -0.1) is 0 Å². The minimum absolute atomic E-state index is 0.496. The van der Waals surface area contributed by atoms with E-state index in [0.29, 0.717) is 23.8 Å². The molecule has 2 N–H and O–H groups in total. The molecule has 7 heteroatoms. The predicted octanol–water partition coefficient (Wildman–Crippen LogP) is 4.36.